The van der Waals surface area contributed by atoms with Crippen molar-refractivity contribution in [3.63, 3.8) is 0 Å². The highest BCUT2D eigenvalue weighted by molar-refractivity contribution is 7.11. The molecule has 1 aromatic heterocycles. The van der Waals surface area contributed by atoms with Crippen LogP contribution in [0.25, 0.3) is 0 Å². The lowest BCUT2D eigenvalue weighted by Crippen LogP contribution is -2.22. The van der Waals surface area contributed by atoms with E-state index >= 15 is 0 Å². The number of aryl methyl sites for hydroxylation is 1. The van der Waals surface area contributed by atoms with Gasteiger partial charge in [0.15, 0.2) is 0 Å². The molecular formula is C15H19N3OS. The van der Waals surface area contributed by atoms with Crippen LogP contribution < -0.4 is 11.1 Å². The molecule has 20 heavy (non-hydrogen) atoms. The lowest BCUT2D eigenvalue weighted by Gasteiger charge is -2.04. The molecule has 0 aliphatic carbocycles. The number of nitrogens with one attached hydrogen (secondary N) is 1. The zero-order chi connectivity index (χ0) is 14.4. The Morgan fingerprint density at radius 1 is 1.35 bits per heavy atom. The van der Waals surface area contributed by atoms with E-state index in [2.05, 4.69) is 17.2 Å². The summed E-state index contributed by atoms with van der Waals surface area (Å²) < 4.78 is 0. The summed E-state index contributed by atoms with van der Waals surface area (Å²) in [5.41, 5.74) is 7.31. The number of carbonyl (C=O) groups excluding carboxylic acids is 1. The molecule has 5 heteroatoms. The number of nitrogens with two attached hydrogens (primary N) is 1. The molecule has 0 aliphatic rings. The van der Waals surface area contributed by atoms with Crippen LogP contribution in [0.4, 0.5) is 0 Å². The van der Waals surface area contributed by atoms with Gasteiger partial charge in [0, 0.05) is 16.6 Å². The molecule has 0 radical (unpaired) electrons. The predicted molar refractivity (Wildman–Crippen MR) is 81.9 cm³/mol. The molecule has 2 aromatic rings. The van der Waals surface area contributed by atoms with Gasteiger partial charge in [-0.2, -0.15) is 0 Å². The van der Waals surface area contributed by atoms with Gasteiger partial charge < -0.3 is 11.1 Å². The first kappa shape index (κ1) is 14.7. The fraction of sp³-hybridized carbons (Fsp3) is 0.333. The van der Waals surface area contributed by atoms with Crippen LogP contribution in [0.2, 0.25) is 0 Å². The Morgan fingerprint density at radius 2 is 2.10 bits per heavy atom. The van der Waals surface area contributed by atoms with Gasteiger partial charge in [0.25, 0.3) is 5.91 Å². The van der Waals surface area contributed by atoms with E-state index in [0.717, 1.165) is 23.4 Å². The number of carbonyl (C=O) groups is 1. The number of benzene rings is 1. The van der Waals surface area contributed by atoms with Crippen molar-refractivity contribution in [1.29, 1.82) is 0 Å². The molecule has 106 valence electrons. The quantitative estimate of drug-likeness (QED) is 0.856. The fourth-order valence-electron chi connectivity index (χ4n) is 1.84. The van der Waals surface area contributed by atoms with Gasteiger partial charge in [-0.3, -0.25) is 4.79 Å². The molecule has 0 unspecified atom stereocenters. The maximum atomic E-state index is 12.0. The van der Waals surface area contributed by atoms with E-state index in [-0.39, 0.29) is 5.91 Å². The SMILES string of the molecule is CCc1cnc(CNC(=O)c2ccc(CCN)cc2)s1. The maximum absolute atomic E-state index is 12.0. The van der Waals surface area contributed by atoms with Crippen molar-refractivity contribution in [2.24, 2.45) is 5.73 Å². The summed E-state index contributed by atoms with van der Waals surface area (Å²) in [6.45, 7) is 3.20. The first-order chi connectivity index (χ1) is 9.72. The zero-order valence-corrected chi connectivity index (χ0v) is 12.4. The lowest BCUT2D eigenvalue weighted by molar-refractivity contribution is 0.0951. The predicted octanol–water partition coefficient (Wildman–Crippen LogP) is 2.14. The van der Waals surface area contributed by atoms with Crippen molar-refractivity contribution in [1.82, 2.24) is 10.3 Å². The number of amides is 1. The van der Waals surface area contributed by atoms with Crippen LogP contribution in [-0.2, 0) is 19.4 Å². The summed E-state index contributed by atoms with van der Waals surface area (Å²) in [5, 5.41) is 3.83. The standard InChI is InChI=1S/C15H19N3OS/c1-2-13-9-17-14(20-13)10-18-15(19)12-5-3-11(4-6-12)7-8-16/h3-6,9H,2,7-8,10,16H2,1H3,(H,18,19). The topological polar surface area (TPSA) is 68.0 Å². The molecule has 0 aliphatic heterocycles. The van der Waals surface area contributed by atoms with Crippen LogP contribution in [0, 0.1) is 0 Å². The summed E-state index contributed by atoms with van der Waals surface area (Å²) in [6.07, 6.45) is 3.68. The van der Waals surface area contributed by atoms with Gasteiger partial charge in [0.1, 0.15) is 5.01 Å². The molecule has 0 bridgehead atoms. The molecule has 2 rings (SSSR count). The molecule has 1 heterocycles. The minimum atomic E-state index is -0.0717. The van der Waals surface area contributed by atoms with Gasteiger partial charge in [-0.05, 0) is 37.1 Å². The highest BCUT2D eigenvalue weighted by atomic mass is 32.1. The van der Waals surface area contributed by atoms with Crippen LogP contribution in [0.3, 0.4) is 0 Å². The molecule has 4 nitrogen and oxygen atoms in total. The van der Waals surface area contributed by atoms with Crippen molar-refractivity contribution in [2.45, 2.75) is 26.3 Å². The van der Waals surface area contributed by atoms with Crippen molar-refractivity contribution in [3.05, 3.63) is 51.5 Å². The Labute approximate surface area is 123 Å². The van der Waals surface area contributed by atoms with Crippen molar-refractivity contribution in [3.8, 4) is 0 Å². The average molecular weight is 289 g/mol. The summed E-state index contributed by atoms with van der Waals surface area (Å²) in [5.74, 6) is -0.0717. The van der Waals surface area contributed by atoms with E-state index in [9.17, 15) is 4.79 Å². The van der Waals surface area contributed by atoms with Crippen LogP contribution in [-0.4, -0.2) is 17.4 Å². The van der Waals surface area contributed by atoms with Crippen LogP contribution in [0.15, 0.2) is 30.5 Å². The zero-order valence-electron chi connectivity index (χ0n) is 11.6. The summed E-state index contributed by atoms with van der Waals surface area (Å²) in [7, 11) is 0. The van der Waals surface area contributed by atoms with Crippen LogP contribution >= 0.6 is 11.3 Å². The largest absolute Gasteiger partial charge is 0.346 e. The number of thiazole rings is 1. The second-order valence-electron chi connectivity index (χ2n) is 4.49. The molecule has 0 saturated heterocycles. The summed E-state index contributed by atoms with van der Waals surface area (Å²) in [6, 6.07) is 7.56. The van der Waals surface area contributed by atoms with Crippen molar-refractivity contribution < 1.29 is 4.79 Å². The second kappa shape index (κ2) is 7.17. The molecule has 0 saturated carbocycles. The number of rotatable bonds is 6. The van der Waals surface area contributed by atoms with Crippen LogP contribution in [0.5, 0.6) is 0 Å². The van der Waals surface area contributed by atoms with Gasteiger partial charge >= 0.3 is 0 Å². The van der Waals surface area contributed by atoms with E-state index in [1.165, 1.54) is 4.88 Å². The van der Waals surface area contributed by atoms with Gasteiger partial charge in [0.2, 0.25) is 0 Å². The first-order valence-corrected chi connectivity index (χ1v) is 7.55. The fourth-order valence-corrected chi connectivity index (χ4v) is 2.64. The van der Waals surface area contributed by atoms with E-state index in [4.69, 9.17) is 5.73 Å². The smallest absolute Gasteiger partial charge is 0.251 e. The second-order valence-corrected chi connectivity index (χ2v) is 5.69. The number of aromatic nitrogens is 1. The monoisotopic (exact) mass is 289 g/mol. The Balaban J connectivity index is 1.90. The molecular weight excluding hydrogens is 270 g/mol. The van der Waals surface area contributed by atoms with Gasteiger partial charge in [-0.15, -0.1) is 11.3 Å². The summed E-state index contributed by atoms with van der Waals surface area (Å²) >= 11 is 1.64. The Hall–Kier alpha value is -1.72. The van der Waals surface area contributed by atoms with Gasteiger partial charge in [0.05, 0.1) is 6.54 Å². The Bertz CT molecular complexity index is 563. The molecule has 0 fully saturated rings. The molecule has 3 N–H and O–H groups in total. The lowest BCUT2D eigenvalue weighted by atomic mass is 10.1. The highest BCUT2D eigenvalue weighted by Crippen LogP contribution is 2.13. The highest BCUT2D eigenvalue weighted by Gasteiger charge is 2.07. The minimum absolute atomic E-state index is 0.0717. The van der Waals surface area contributed by atoms with Gasteiger partial charge in [-0.25, -0.2) is 4.98 Å². The molecule has 0 spiro atoms. The van der Waals surface area contributed by atoms with E-state index in [0.29, 0.717) is 18.7 Å². The van der Waals surface area contributed by atoms with E-state index in [1.807, 2.05) is 30.5 Å². The first-order valence-electron chi connectivity index (χ1n) is 6.73. The van der Waals surface area contributed by atoms with Crippen molar-refractivity contribution >= 4 is 17.2 Å². The summed E-state index contributed by atoms with van der Waals surface area (Å²) in [4.78, 5) is 17.5. The molecule has 0 atom stereocenters. The van der Waals surface area contributed by atoms with Gasteiger partial charge in [-0.1, -0.05) is 19.1 Å². The van der Waals surface area contributed by atoms with Crippen molar-refractivity contribution in [2.75, 3.05) is 6.54 Å². The third-order valence-corrected chi connectivity index (χ3v) is 4.14. The molecule has 1 amide bonds. The minimum Gasteiger partial charge on any atom is -0.346 e. The van der Waals surface area contributed by atoms with Crippen LogP contribution in [0.1, 0.15) is 32.7 Å². The number of hydrogen-bond donors (Lipinski definition) is 2. The Kier molecular flexibility index (Phi) is 5.26. The normalized spacial score (nSPS) is 10.5. The number of hydrogen-bond acceptors (Lipinski definition) is 4. The third kappa shape index (κ3) is 3.88. The Morgan fingerprint density at radius 3 is 2.70 bits per heavy atom. The van der Waals surface area contributed by atoms with E-state index < -0.39 is 0 Å². The maximum Gasteiger partial charge on any atom is 0.251 e. The average Bonchev–Trinajstić information content (AvgIpc) is 2.94. The van der Waals surface area contributed by atoms with E-state index in [1.54, 1.807) is 11.3 Å². The molecule has 1 aromatic carbocycles. The third-order valence-electron chi connectivity index (χ3n) is 3.00. The number of nitrogens with zero attached hydrogens (tertiary/aromatic N) is 1.